The van der Waals surface area contributed by atoms with Gasteiger partial charge in [0.2, 0.25) is 12.4 Å². The van der Waals surface area contributed by atoms with E-state index in [-0.39, 0.29) is 51.8 Å². The molecule has 1 fully saturated rings. The zero-order valence-corrected chi connectivity index (χ0v) is 22.4. The molecule has 3 heterocycles. The van der Waals surface area contributed by atoms with Gasteiger partial charge in [-0.15, -0.1) is 0 Å². The summed E-state index contributed by atoms with van der Waals surface area (Å²) in [4.78, 5) is 25.3. The van der Waals surface area contributed by atoms with Crippen LogP contribution in [0, 0.1) is 23.7 Å². The second-order valence-corrected chi connectivity index (χ2v) is 10.8. The zero-order valence-electron chi connectivity index (χ0n) is 22.4. The maximum Gasteiger partial charge on any atom is 0.337 e. The maximum absolute atomic E-state index is 13.1. The van der Waals surface area contributed by atoms with Gasteiger partial charge in [-0.2, -0.15) is 0 Å². The fourth-order valence-electron chi connectivity index (χ4n) is 5.16. The van der Waals surface area contributed by atoms with Crippen molar-refractivity contribution in [1.82, 2.24) is 5.32 Å². The number of aromatic hydroxyl groups is 1. The van der Waals surface area contributed by atoms with E-state index >= 15 is 0 Å². The van der Waals surface area contributed by atoms with Crippen LogP contribution in [-0.2, 0) is 9.53 Å². The first kappa shape index (κ1) is 28.6. The van der Waals surface area contributed by atoms with Crippen molar-refractivity contribution in [3.8, 4) is 34.5 Å². The first-order valence-corrected chi connectivity index (χ1v) is 13.2. The molecule has 216 valence electrons. The average Bonchev–Trinajstić information content (AvgIpc) is 2.93. The van der Waals surface area contributed by atoms with Crippen molar-refractivity contribution in [1.29, 1.82) is 0 Å². The van der Waals surface area contributed by atoms with Crippen LogP contribution in [0.5, 0.6) is 11.5 Å². The minimum Gasteiger partial charge on any atom is -0.508 e. The summed E-state index contributed by atoms with van der Waals surface area (Å²) < 4.78 is 17.1. The molecule has 11 heteroatoms. The van der Waals surface area contributed by atoms with Gasteiger partial charge in [-0.3, -0.25) is 4.79 Å². The third-order valence-corrected chi connectivity index (χ3v) is 7.76. The van der Waals surface area contributed by atoms with Crippen LogP contribution in [0.15, 0.2) is 57.9 Å². The Hall–Kier alpha value is -3.92. The standard InChI is InChI=1S/C30H31NO10/c1-16(2)18-4-3-11-29(37)25(26(34)35)41-28(30(38,27(29)36)15-31-13-18)40-20-9-10-21-23(12-20)39-14-22(24(21)33)17-5-7-19(32)8-6-17/h5-10,12,14,16,18,25,27-28,31-32,36-38H,4,13,15H2,1-2H3,(H,34,35)/t18-,25-,27+,28-,29+,30-/m1/s1. The van der Waals surface area contributed by atoms with Gasteiger partial charge in [-0.05, 0) is 48.2 Å². The van der Waals surface area contributed by atoms with Gasteiger partial charge in [-0.1, -0.05) is 37.8 Å². The minimum atomic E-state index is -2.62. The predicted molar refractivity (Wildman–Crippen MR) is 146 cm³/mol. The Balaban J connectivity index is 1.50. The molecule has 1 saturated heterocycles. The highest BCUT2D eigenvalue weighted by atomic mass is 16.7. The number of benzene rings is 2. The van der Waals surface area contributed by atoms with Gasteiger partial charge in [0.25, 0.3) is 0 Å². The number of aliphatic hydroxyl groups excluding tert-OH is 1. The fraction of sp³-hybridized carbons (Fsp3) is 0.400. The monoisotopic (exact) mass is 565 g/mol. The molecule has 2 aliphatic heterocycles. The summed E-state index contributed by atoms with van der Waals surface area (Å²) in [5, 5.41) is 56.8. The Kier molecular flexibility index (Phi) is 7.54. The summed E-state index contributed by atoms with van der Waals surface area (Å²) in [6, 6.07) is 10.3. The number of aliphatic hydroxyl groups is 3. The van der Waals surface area contributed by atoms with E-state index < -0.39 is 35.7 Å². The van der Waals surface area contributed by atoms with Gasteiger partial charge in [0, 0.05) is 19.0 Å². The SMILES string of the molecule is CC(C)[C@@H]1CC#C[C@]2(O)[C@@H](C(=O)O)O[C@@H](Oc3ccc4c(=O)c(-c5ccc(O)cc5)coc4c3)[C@@](O)(CNC1)[C@H]2O. The molecule has 6 atom stereocenters. The molecule has 2 aliphatic rings. The number of hydrogen-bond donors (Lipinski definition) is 6. The topological polar surface area (TPSA) is 179 Å². The van der Waals surface area contributed by atoms with E-state index in [0.29, 0.717) is 18.5 Å². The van der Waals surface area contributed by atoms with E-state index in [1.807, 2.05) is 13.8 Å². The van der Waals surface area contributed by atoms with Gasteiger partial charge < -0.3 is 44.7 Å². The number of ether oxygens (including phenoxy) is 2. The molecule has 1 aromatic heterocycles. The highest BCUT2D eigenvalue weighted by Gasteiger charge is 2.65. The number of phenols is 1. The Bertz CT molecular complexity index is 1570. The normalized spacial score (nSPS) is 29.9. The van der Waals surface area contributed by atoms with E-state index in [1.165, 1.54) is 36.6 Å². The number of β-amino-alcohol motifs (C(OH)–C–C–N with tert-alkyl or cyclic N) is 1. The number of nitrogens with one attached hydrogen (secondary N) is 1. The average molecular weight is 566 g/mol. The van der Waals surface area contributed by atoms with E-state index in [4.69, 9.17) is 13.9 Å². The van der Waals surface area contributed by atoms with Gasteiger partial charge >= 0.3 is 5.97 Å². The lowest BCUT2D eigenvalue weighted by Gasteiger charge is -2.50. The van der Waals surface area contributed by atoms with Crippen molar-refractivity contribution in [2.45, 2.75) is 50.0 Å². The van der Waals surface area contributed by atoms with Crippen LogP contribution in [0.2, 0.25) is 0 Å². The summed E-state index contributed by atoms with van der Waals surface area (Å²) in [6.07, 6.45) is -4.29. The lowest BCUT2D eigenvalue weighted by molar-refractivity contribution is -0.328. The molecular weight excluding hydrogens is 534 g/mol. The van der Waals surface area contributed by atoms with Crippen LogP contribution < -0.4 is 15.5 Å². The highest BCUT2D eigenvalue weighted by molar-refractivity contribution is 5.82. The summed E-state index contributed by atoms with van der Waals surface area (Å²) in [5.74, 6) is 3.97. The molecule has 11 nitrogen and oxygen atoms in total. The van der Waals surface area contributed by atoms with Crippen LogP contribution >= 0.6 is 0 Å². The van der Waals surface area contributed by atoms with Gasteiger partial charge in [-0.25, -0.2) is 4.79 Å². The zero-order chi connectivity index (χ0) is 29.5. The molecule has 2 bridgehead atoms. The molecule has 0 aliphatic carbocycles. The van der Waals surface area contributed by atoms with E-state index in [0.717, 1.165) is 0 Å². The van der Waals surface area contributed by atoms with Crippen LogP contribution in [0.4, 0.5) is 0 Å². The van der Waals surface area contributed by atoms with Crippen LogP contribution in [0.25, 0.3) is 22.1 Å². The summed E-state index contributed by atoms with van der Waals surface area (Å²) in [5.41, 5.74) is -4.33. The number of phenolic OH excluding ortho intramolecular Hbond substituents is 1. The molecule has 41 heavy (non-hydrogen) atoms. The van der Waals surface area contributed by atoms with Gasteiger partial charge in [0.15, 0.2) is 16.6 Å². The summed E-state index contributed by atoms with van der Waals surface area (Å²) >= 11 is 0. The quantitative estimate of drug-likeness (QED) is 0.247. The third-order valence-electron chi connectivity index (χ3n) is 7.76. The molecule has 2 aromatic carbocycles. The maximum atomic E-state index is 13.1. The first-order valence-electron chi connectivity index (χ1n) is 13.2. The molecule has 6 N–H and O–H groups in total. The molecule has 5 rings (SSSR count). The Morgan fingerprint density at radius 1 is 1.17 bits per heavy atom. The number of carbonyl (C=O) groups is 1. The van der Waals surface area contributed by atoms with E-state index in [9.17, 15) is 35.1 Å². The van der Waals surface area contributed by atoms with Crippen LogP contribution in [0.1, 0.15) is 20.3 Å². The molecule has 3 aromatic rings. The predicted octanol–water partition coefficient (Wildman–Crippen LogP) is 1.45. The van der Waals surface area contributed by atoms with Crippen molar-refractivity contribution in [3.63, 3.8) is 0 Å². The number of aliphatic carboxylic acids is 1. The Morgan fingerprint density at radius 2 is 1.90 bits per heavy atom. The lowest BCUT2D eigenvalue weighted by atomic mass is 9.76. The minimum absolute atomic E-state index is 0.0316. The second-order valence-electron chi connectivity index (χ2n) is 10.8. The highest BCUT2D eigenvalue weighted by Crippen LogP contribution is 2.38. The largest absolute Gasteiger partial charge is 0.508 e. The smallest absolute Gasteiger partial charge is 0.337 e. The summed E-state index contributed by atoms with van der Waals surface area (Å²) in [6.45, 7) is 4.12. The van der Waals surface area contributed by atoms with E-state index in [2.05, 4.69) is 17.2 Å². The van der Waals surface area contributed by atoms with Crippen molar-refractivity contribution in [3.05, 3.63) is 59.0 Å². The molecule has 0 amide bonds. The van der Waals surface area contributed by atoms with Crippen LogP contribution in [0.3, 0.4) is 0 Å². The Morgan fingerprint density at radius 3 is 2.59 bits per heavy atom. The van der Waals surface area contributed by atoms with E-state index in [1.54, 1.807) is 12.1 Å². The Labute approximate surface area is 235 Å². The van der Waals surface area contributed by atoms with Crippen LogP contribution in [-0.4, -0.2) is 74.3 Å². The van der Waals surface area contributed by atoms with Gasteiger partial charge in [0.05, 0.1) is 10.9 Å². The van der Waals surface area contributed by atoms with Crippen molar-refractivity contribution in [2.75, 3.05) is 13.1 Å². The number of rotatable bonds is 5. The van der Waals surface area contributed by atoms with Crippen molar-refractivity contribution in [2.24, 2.45) is 11.8 Å². The lowest BCUT2D eigenvalue weighted by Crippen LogP contribution is -2.76. The van der Waals surface area contributed by atoms with Gasteiger partial charge in [0.1, 0.15) is 29.4 Å². The molecule has 0 radical (unpaired) electrons. The fourth-order valence-corrected chi connectivity index (χ4v) is 5.16. The molecule has 0 unspecified atom stereocenters. The second kappa shape index (κ2) is 10.8. The number of carboxylic acids is 1. The van der Waals surface area contributed by atoms with Crippen molar-refractivity contribution < 1.29 is 44.2 Å². The number of hydrogen-bond acceptors (Lipinski definition) is 10. The molecule has 0 spiro atoms. The molecular formula is C30H31NO10. The summed E-state index contributed by atoms with van der Waals surface area (Å²) in [7, 11) is 0. The number of carboxylic acid groups (broad SMARTS) is 1. The first-order chi connectivity index (χ1) is 19.4. The molecule has 0 saturated carbocycles. The van der Waals surface area contributed by atoms with Crippen molar-refractivity contribution >= 4 is 16.9 Å². The number of fused-ring (bicyclic) bond motifs is 3. The third kappa shape index (κ3) is 5.16.